The number of carbonyl (C=O) groups is 2. The van der Waals surface area contributed by atoms with Crippen LogP contribution in [0.2, 0.25) is 0 Å². The molecule has 8 heteroatoms. The summed E-state index contributed by atoms with van der Waals surface area (Å²) in [4.78, 5) is 34.8. The van der Waals surface area contributed by atoms with Gasteiger partial charge in [0.1, 0.15) is 5.75 Å². The molecule has 0 unspecified atom stereocenters. The molecule has 29 heavy (non-hydrogen) atoms. The van der Waals surface area contributed by atoms with Crippen LogP contribution >= 0.6 is 0 Å². The predicted molar refractivity (Wildman–Crippen MR) is 108 cm³/mol. The predicted octanol–water partition coefficient (Wildman–Crippen LogP) is 4.11. The van der Waals surface area contributed by atoms with E-state index in [0.29, 0.717) is 22.7 Å². The fourth-order valence-electron chi connectivity index (χ4n) is 2.59. The van der Waals surface area contributed by atoms with Crippen molar-refractivity contribution in [2.75, 3.05) is 17.7 Å². The SMILES string of the molecule is COc1ccccc1NC(=O)c1ccc(NC(=O)c2ccc([N+](=O)[O-])cc2)cc1. The Morgan fingerprint density at radius 1 is 0.828 bits per heavy atom. The highest BCUT2D eigenvalue weighted by atomic mass is 16.6. The molecule has 0 spiro atoms. The first kappa shape index (κ1) is 19.6. The Hall–Kier alpha value is -4.20. The van der Waals surface area contributed by atoms with Gasteiger partial charge in [0.25, 0.3) is 17.5 Å². The molecule has 0 radical (unpaired) electrons. The number of benzene rings is 3. The third-order valence-corrected chi connectivity index (χ3v) is 4.10. The lowest BCUT2D eigenvalue weighted by Gasteiger charge is -2.10. The van der Waals surface area contributed by atoms with Gasteiger partial charge in [0.2, 0.25) is 0 Å². The van der Waals surface area contributed by atoms with Crippen LogP contribution in [0.3, 0.4) is 0 Å². The first-order chi connectivity index (χ1) is 14.0. The second-order valence-electron chi connectivity index (χ2n) is 5.99. The highest BCUT2D eigenvalue weighted by Crippen LogP contribution is 2.24. The van der Waals surface area contributed by atoms with Crippen LogP contribution in [-0.2, 0) is 0 Å². The second-order valence-corrected chi connectivity index (χ2v) is 5.99. The standard InChI is InChI=1S/C21H17N3O5/c1-29-19-5-3-2-4-18(19)23-21(26)14-6-10-16(11-7-14)22-20(25)15-8-12-17(13-9-15)24(27)28/h2-13H,1H3,(H,22,25)(H,23,26). The van der Waals surface area contributed by atoms with Crippen molar-refractivity contribution >= 4 is 28.9 Å². The zero-order valence-electron chi connectivity index (χ0n) is 15.4. The minimum Gasteiger partial charge on any atom is -0.495 e. The first-order valence-electron chi connectivity index (χ1n) is 8.58. The molecule has 2 amide bonds. The smallest absolute Gasteiger partial charge is 0.269 e. The summed E-state index contributed by atoms with van der Waals surface area (Å²) in [6.07, 6.45) is 0. The van der Waals surface area contributed by atoms with Gasteiger partial charge >= 0.3 is 0 Å². The van der Waals surface area contributed by atoms with Crippen molar-refractivity contribution in [2.45, 2.75) is 0 Å². The number of hydrogen-bond donors (Lipinski definition) is 2. The Bertz CT molecular complexity index is 1050. The van der Waals surface area contributed by atoms with Crippen molar-refractivity contribution in [3.05, 3.63) is 94.0 Å². The van der Waals surface area contributed by atoms with Gasteiger partial charge in [-0.3, -0.25) is 19.7 Å². The fraction of sp³-hybridized carbons (Fsp3) is 0.0476. The second kappa shape index (κ2) is 8.66. The van der Waals surface area contributed by atoms with Crippen LogP contribution in [0.4, 0.5) is 17.1 Å². The summed E-state index contributed by atoms with van der Waals surface area (Å²) in [6.45, 7) is 0. The number of anilines is 2. The van der Waals surface area contributed by atoms with Crippen molar-refractivity contribution in [1.29, 1.82) is 0 Å². The van der Waals surface area contributed by atoms with Gasteiger partial charge in [0.15, 0.2) is 0 Å². The number of carbonyl (C=O) groups excluding carboxylic acids is 2. The lowest BCUT2D eigenvalue weighted by Crippen LogP contribution is -2.14. The van der Waals surface area contributed by atoms with E-state index < -0.39 is 10.8 Å². The third kappa shape index (κ3) is 4.75. The summed E-state index contributed by atoms with van der Waals surface area (Å²) < 4.78 is 5.21. The number of methoxy groups -OCH3 is 1. The van der Waals surface area contributed by atoms with Crippen molar-refractivity contribution in [3.8, 4) is 5.75 Å². The maximum absolute atomic E-state index is 12.4. The molecule has 2 N–H and O–H groups in total. The molecule has 3 aromatic carbocycles. The number of rotatable bonds is 6. The molecule has 0 aromatic heterocycles. The molecule has 3 rings (SSSR count). The molecule has 8 nitrogen and oxygen atoms in total. The molecule has 0 aliphatic heterocycles. The largest absolute Gasteiger partial charge is 0.495 e. The number of non-ortho nitro benzene ring substituents is 1. The first-order valence-corrected chi connectivity index (χ1v) is 8.58. The molecule has 146 valence electrons. The summed E-state index contributed by atoms with van der Waals surface area (Å²) in [5, 5.41) is 16.1. The van der Waals surface area contributed by atoms with Gasteiger partial charge in [-0.2, -0.15) is 0 Å². The van der Waals surface area contributed by atoms with Crippen LogP contribution in [0.25, 0.3) is 0 Å². The van der Waals surface area contributed by atoms with Crippen LogP contribution in [0.5, 0.6) is 5.75 Å². The van der Waals surface area contributed by atoms with E-state index in [-0.39, 0.29) is 17.2 Å². The van der Waals surface area contributed by atoms with Crippen LogP contribution in [0.1, 0.15) is 20.7 Å². The van der Waals surface area contributed by atoms with E-state index in [0.717, 1.165) is 0 Å². The van der Waals surface area contributed by atoms with Gasteiger partial charge in [0, 0.05) is 28.9 Å². The van der Waals surface area contributed by atoms with E-state index in [1.807, 2.05) is 0 Å². The number of para-hydroxylation sites is 2. The Labute approximate surface area is 166 Å². The average Bonchev–Trinajstić information content (AvgIpc) is 2.74. The summed E-state index contributed by atoms with van der Waals surface area (Å²) in [7, 11) is 1.52. The number of amides is 2. The molecule has 0 aliphatic rings. The molecule has 0 fully saturated rings. The minimum absolute atomic E-state index is 0.0908. The Morgan fingerprint density at radius 3 is 1.97 bits per heavy atom. The monoisotopic (exact) mass is 391 g/mol. The normalized spacial score (nSPS) is 10.1. The van der Waals surface area contributed by atoms with E-state index in [1.165, 1.54) is 31.4 Å². The zero-order valence-corrected chi connectivity index (χ0v) is 15.4. The third-order valence-electron chi connectivity index (χ3n) is 4.10. The van der Waals surface area contributed by atoms with Gasteiger partial charge < -0.3 is 15.4 Å². The Morgan fingerprint density at radius 2 is 1.38 bits per heavy atom. The molecule has 0 saturated carbocycles. The van der Waals surface area contributed by atoms with Crippen molar-refractivity contribution in [1.82, 2.24) is 0 Å². The molecule has 0 heterocycles. The molecule has 0 atom stereocenters. The maximum Gasteiger partial charge on any atom is 0.269 e. The maximum atomic E-state index is 12.4. The number of ether oxygens (including phenoxy) is 1. The number of nitrogens with zero attached hydrogens (tertiary/aromatic N) is 1. The molecule has 0 bridgehead atoms. The zero-order chi connectivity index (χ0) is 20.8. The highest BCUT2D eigenvalue weighted by molar-refractivity contribution is 6.06. The van der Waals surface area contributed by atoms with E-state index >= 15 is 0 Å². The minimum atomic E-state index is -0.531. The van der Waals surface area contributed by atoms with Gasteiger partial charge in [-0.15, -0.1) is 0 Å². The topological polar surface area (TPSA) is 111 Å². The molecule has 0 aliphatic carbocycles. The average molecular weight is 391 g/mol. The van der Waals surface area contributed by atoms with Gasteiger partial charge in [-0.1, -0.05) is 12.1 Å². The molecule has 3 aromatic rings. The van der Waals surface area contributed by atoms with Crippen molar-refractivity contribution in [2.24, 2.45) is 0 Å². The number of hydrogen-bond acceptors (Lipinski definition) is 5. The van der Waals surface area contributed by atoms with Crippen molar-refractivity contribution in [3.63, 3.8) is 0 Å². The lowest BCUT2D eigenvalue weighted by molar-refractivity contribution is -0.384. The van der Waals surface area contributed by atoms with Crippen molar-refractivity contribution < 1.29 is 19.2 Å². The van der Waals surface area contributed by atoms with Gasteiger partial charge in [-0.25, -0.2) is 0 Å². The molecular formula is C21H17N3O5. The molecular weight excluding hydrogens is 374 g/mol. The summed E-state index contributed by atoms with van der Waals surface area (Å²) in [6, 6.07) is 18.7. The number of nitrogens with one attached hydrogen (secondary N) is 2. The van der Waals surface area contributed by atoms with Gasteiger partial charge in [0.05, 0.1) is 17.7 Å². The lowest BCUT2D eigenvalue weighted by atomic mass is 10.1. The van der Waals surface area contributed by atoms with E-state index in [2.05, 4.69) is 10.6 Å². The summed E-state index contributed by atoms with van der Waals surface area (Å²) in [5.41, 5.74) is 1.64. The van der Waals surface area contributed by atoms with E-state index in [4.69, 9.17) is 4.74 Å². The van der Waals surface area contributed by atoms with Crippen LogP contribution in [0.15, 0.2) is 72.8 Å². The van der Waals surface area contributed by atoms with E-state index in [1.54, 1.807) is 48.5 Å². The van der Waals surface area contributed by atoms with Crippen LogP contribution in [-0.4, -0.2) is 23.8 Å². The summed E-state index contributed by atoms with van der Waals surface area (Å²) >= 11 is 0. The van der Waals surface area contributed by atoms with Gasteiger partial charge in [-0.05, 0) is 48.5 Å². The fourth-order valence-corrected chi connectivity index (χ4v) is 2.59. The Kier molecular flexibility index (Phi) is 5.84. The quantitative estimate of drug-likeness (QED) is 0.485. The highest BCUT2D eigenvalue weighted by Gasteiger charge is 2.12. The Balaban J connectivity index is 1.65. The van der Waals surface area contributed by atoms with Crippen LogP contribution in [0, 0.1) is 10.1 Å². The summed E-state index contributed by atoms with van der Waals surface area (Å²) in [5.74, 6) is -0.179. The van der Waals surface area contributed by atoms with E-state index in [9.17, 15) is 19.7 Å². The number of nitro benzene ring substituents is 1. The van der Waals surface area contributed by atoms with Crippen LogP contribution < -0.4 is 15.4 Å². The molecule has 0 saturated heterocycles. The number of nitro groups is 1.